The van der Waals surface area contributed by atoms with Crippen molar-refractivity contribution >= 4 is 5.91 Å². The minimum atomic E-state index is 0.0403. The van der Waals surface area contributed by atoms with Crippen molar-refractivity contribution in [2.45, 2.75) is 44.6 Å². The number of amides is 1. The normalized spacial score (nSPS) is 19.9. The topological polar surface area (TPSA) is 81.1 Å². The summed E-state index contributed by atoms with van der Waals surface area (Å²) >= 11 is 0. The molecule has 1 atom stereocenters. The molecule has 0 aromatic carbocycles. The molecule has 1 aliphatic rings. The second kappa shape index (κ2) is 6.80. The predicted octanol–water partition coefficient (Wildman–Crippen LogP) is 0.359. The van der Waals surface area contributed by atoms with Crippen LogP contribution in [-0.4, -0.2) is 25.0 Å². The lowest BCUT2D eigenvalue weighted by Gasteiger charge is -2.30. The van der Waals surface area contributed by atoms with Crippen LogP contribution in [0.2, 0.25) is 0 Å². The first-order chi connectivity index (χ1) is 7.27. The van der Waals surface area contributed by atoms with Gasteiger partial charge in [0.25, 0.3) is 0 Å². The van der Waals surface area contributed by atoms with Crippen LogP contribution in [0.25, 0.3) is 0 Å². The Morgan fingerprint density at radius 2 is 1.93 bits per heavy atom. The average Bonchev–Trinajstić information content (AvgIpc) is 2.27. The number of hydrogen-bond acceptors (Lipinski definition) is 3. The molecule has 4 nitrogen and oxygen atoms in total. The van der Waals surface area contributed by atoms with Crippen molar-refractivity contribution in [2.24, 2.45) is 17.4 Å². The Labute approximate surface area is 91.8 Å². The molecular formula is C11H23N3O. The fourth-order valence-electron chi connectivity index (χ4n) is 2.32. The van der Waals surface area contributed by atoms with E-state index in [1.807, 2.05) is 0 Å². The summed E-state index contributed by atoms with van der Waals surface area (Å²) in [5.74, 6) is 0.615. The average molecular weight is 213 g/mol. The van der Waals surface area contributed by atoms with Gasteiger partial charge in [-0.05, 0) is 18.8 Å². The van der Waals surface area contributed by atoms with Crippen LogP contribution in [0.5, 0.6) is 0 Å². The van der Waals surface area contributed by atoms with E-state index in [2.05, 4.69) is 5.32 Å². The van der Waals surface area contributed by atoms with E-state index in [0.717, 1.165) is 0 Å². The monoisotopic (exact) mass is 213 g/mol. The molecule has 0 saturated heterocycles. The third-order valence-corrected chi connectivity index (χ3v) is 3.19. The number of carbonyl (C=O) groups is 1. The van der Waals surface area contributed by atoms with Crippen LogP contribution in [0.15, 0.2) is 0 Å². The van der Waals surface area contributed by atoms with Crippen molar-refractivity contribution in [2.75, 3.05) is 13.1 Å². The number of nitrogens with two attached hydrogens (primary N) is 2. The molecule has 4 heteroatoms. The van der Waals surface area contributed by atoms with Gasteiger partial charge in [-0.15, -0.1) is 0 Å². The van der Waals surface area contributed by atoms with Crippen molar-refractivity contribution in [3.63, 3.8) is 0 Å². The Hall–Kier alpha value is -0.610. The molecule has 0 heterocycles. The molecule has 0 aliphatic heterocycles. The van der Waals surface area contributed by atoms with Crippen LogP contribution in [0.4, 0.5) is 0 Å². The fraction of sp³-hybridized carbons (Fsp3) is 0.909. The van der Waals surface area contributed by atoms with Gasteiger partial charge in [0.15, 0.2) is 0 Å². The Kier molecular flexibility index (Phi) is 5.65. The van der Waals surface area contributed by atoms with Gasteiger partial charge < -0.3 is 16.8 Å². The molecule has 0 spiro atoms. The zero-order chi connectivity index (χ0) is 11.1. The number of carbonyl (C=O) groups excluding carboxylic acids is 1. The van der Waals surface area contributed by atoms with Gasteiger partial charge in [0.2, 0.25) is 5.91 Å². The molecule has 15 heavy (non-hydrogen) atoms. The first-order valence-electron chi connectivity index (χ1n) is 5.97. The molecule has 5 N–H and O–H groups in total. The predicted molar refractivity (Wildman–Crippen MR) is 61.2 cm³/mol. The molecule has 0 aromatic heterocycles. The van der Waals surface area contributed by atoms with E-state index in [-0.39, 0.29) is 11.9 Å². The maximum Gasteiger partial charge on any atom is 0.221 e. The summed E-state index contributed by atoms with van der Waals surface area (Å²) in [6.45, 7) is 0.953. The van der Waals surface area contributed by atoms with Crippen LogP contribution in [0.3, 0.4) is 0 Å². The summed E-state index contributed by atoms with van der Waals surface area (Å²) < 4.78 is 0. The maximum atomic E-state index is 11.4. The van der Waals surface area contributed by atoms with Crippen LogP contribution < -0.4 is 16.8 Å². The molecule has 1 fully saturated rings. The third-order valence-electron chi connectivity index (χ3n) is 3.19. The molecule has 1 rings (SSSR count). The van der Waals surface area contributed by atoms with Crippen LogP contribution >= 0.6 is 0 Å². The summed E-state index contributed by atoms with van der Waals surface area (Å²) in [5.41, 5.74) is 11.0. The molecule has 1 aliphatic carbocycles. The quantitative estimate of drug-likeness (QED) is 0.616. The Morgan fingerprint density at radius 3 is 2.47 bits per heavy atom. The molecule has 1 unspecified atom stereocenters. The minimum absolute atomic E-state index is 0.0403. The highest BCUT2D eigenvalue weighted by atomic mass is 16.1. The van der Waals surface area contributed by atoms with E-state index in [4.69, 9.17) is 11.5 Å². The fourth-order valence-corrected chi connectivity index (χ4v) is 2.32. The van der Waals surface area contributed by atoms with Crippen molar-refractivity contribution < 1.29 is 4.79 Å². The summed E-state index contributed by atoms with van der Waals surface area (Å²) in [4.78, 5) is 11.4. The highest BCUT2D eigenvalue weighted by Gasteiger charge is 2.23. The molecule has 0 bridgehead atoms. The Morgan fingerprint density at radius 1 is 1.27 bits per heavy atom. The van der Waals surface area contributed by atoms with Gasteiger partial charge in [-0.3, -0.25) is 4.79 Å². The van der Waals surface area contributed by atoms with Gasteiger partial charge in [-0.1, -0.05) is 19.3 Å². The SMILES string of the molecule is NCCC(=O)NC(CN)C1CCCCC1. The molecule has 88 valence electrons. The van der Waals surface area contributed by atoms with Gasteiger partial charge in [-0.25, -0.2) is 0 Å². The maximum absolute atomic E-state index is 11.4. The molecular weight excluding hydrogens is 190 g/mol. The van der Waals surface area contributed by atoms with Gasteiger partial charge in [0.1, 0.15) is 0 Å². The number of nitrogens with one attached hydrogen (secondary N) is 1. The van der Waals surface area contributed by atoms with Crippen molar-refractivity contribution in [3.05, 3.63) is 0 Å². The second-order valence-electron chi connectivity index (χ2n) is 4.35. The highest BCUT2D eigenvalue weighted by molar-refractivity contribution is 5.76. The van der Waals surface area contributed by atoms with E-state index in [0.29, 0.717) is 25.4 Å². The van der Waals surface area contributed by atoms with Crippen molar-refractivity contribution in [1.29, 1.82) is 0 Å². The third kappa shape index (κ3) is 4.18. The summed E-state index contributed by atoms with van der Waals surface area (Å²) in [7, 11) is 0. The van der Waals surface area contributed by atoms with Crippen LogP contribution in [0.1, 0.15) is 38.5 Å². The molecule has 1 saturated carbocycles. The minimum Gasteiger partial charge on any atom is -0.352 e. The van der Waals surface area contributed by atoms with E-state index in [1.165, 1.54) is 32.1 Å². The smallest absolute Gasteiger partial charge is 0.221 e. The Balaban J connectivity index is 2.36. The lowest BCUT2D eigenvalue weighted by atomic mass is 9.84. The van der Waals surface area contributed by atoms with E-state index >= 15 is 0 Å². The van der Waals surface area contributed by atoms with E-state index < -0.39 is 0 Å². The van der Waals surface area contributed by atoms with Crippen LogP contribution in [0, 0.1) is 5.92 Å². The van der Waals surface area contributed by atoms with Crippen LogP contribution in [-0.2, 0) is 4.79 Å². The molecule has 0 aromatic rings. The van der Waals surface area contributed by atoms with Gasteiger partial charge >= 0.3 is 0 Å². The standard InChI is InChI=1S/C11H23N3O/c12-7-6-11(15)14-10(8-13)9-4-2-1-3-5-9/h9-10H,1-8,12-13H2,(H,14,15). The molecule has 0 radical (unpaired) electrons. The van der Waals surface area contributed by atoms with Gasteiger partial charge in [0.05, 0.1) is 0 Å². The van der Waals surface area contributed by atoms with E-state index in [9.17, 15) is 4.79 Å². The van der Waals surface area contributed by atoms with Gasteiger partial charge in [0, 0.05) is 25.6 Å². The summed E-state index contributed by atoms with van der Waals surface area (Å²) in [6.07, 6.45) is 6.67. The number of rotatable bonds is 5. The first kappa shape index (κ1) is 12.5. The molecule has 1 amide bonds. The highest BCUT2D eigenvalue weighted by Crippen LogP contribution is 2.26. The van der Waals surface area contributed by atoms with Crippen molar-refractivity contribution in [3.8, 4) is 0 Å². The second-order valence-corrected chi connectivity index (χ2v) is 4.35. The largest absolute Gasteiger partial charge is 0.352 e. The van der Waals surface area contributed by atoms with Crippen molar-refractivity contribution in [1.82, 2.24) is 5.32 Å². The van der Waals surface area contributed by atoms with Gasteiger partial charge in [-0.2, -0.15) is 0 Å². The zero-order valence-electron chi connectivity index (χ0n) is 9.37. The Bertz CT molecular complexity index is 190. The lowest BCUT2D eigenvalue weighted by Crippen LogP contribution is -2.46. The summed E-state index contributed by atoms with van der Waals surface area (Å²) in [5, 5.41) is 2.99. The van der Waals surface area contributed by atoms with E-state index in [1.54, 1.807) is 0 Å². The zero-order valence-corrected chi connectivity index (χ0v) is 9.37. The lowest BCUT2D eigenvalue weighted by molar-refractivity contribution is -0.122. The summed E-state index contributed by atoms with van der Waals surface area (Å²) in [6, 6.07) is 0.157. The number of hydrogen-bond donors (Lipinski definition) is 3. The first-order valence-corrected chi connectivity index (χ1v) is 5.97.